The van der Waals surface area contributed by atoms with Crippen LogP contribution < -0.4 is 10.1 Å². The van der Waals surface area contributed by atoms with Crippen molar-refractivity contribution in [3.8, 4) is 5.75 Å². The second kappa shape index (κ2) is 10.3. The highest BCUT2D eigenvalue weighted by atomic mass is 19.3. The van der Waals surface area contributed by atoms with Gasteiger partial charge in [-0.15, -0.1) is 0 Å². The van der Waals surface area contributed by atoms with Gasteiger partial charge in [-0.3, -0.25) is 14.6 Å². The van der Waals surface area contributed by atoms with Gasteiger partial charge in [-0.2, -0.15) is 8.78 Å². The summed E-state index contributed by atoms with van der Waals surface area (Å²) in [4.78, 5) is 17.0. The van der Waals surface area contributed by atoms with Crippen LogP contribution in [0.15, 0.2) is 24.3 Å². The fourth-order valence-corrected chi connectivity index (χ4v) is 4.25. The molecule has 0 bridgehead atoms. The summed E-state index contributed by atoms with van der Waals surface area (Å²) in [6.07, 6.45) is 2.76. The number of nitrogens with zero attached hydrogens (tertiary/aromatic N) is 2. The van der Waals surface area contributed by atoms with Crippen molar-refractivity contribution in [2.24, 2.45) is 5.92 Å². The SMILES string of the molecule is CC1CN(CC2CCN(CC(=O)Nc3ccc(OC(F)F)cc3)CC2)CC(C)O1. The molecule has 2 aliphatic heterocycles. The van der Waals surface area contributed by atoms with Crippen molar-refractivity contribution in [2.75, 3.05) is 44.6 Å². The average molecular weight is 411 g/mol. The number of benzene rings is 1. The Kier molecular flexibility index (Phi) is 7.80. The summed E-state index contributed by atoms with van der Waals surface area (Å²) in [5.41, 5.74) is 0.571. The molecule has 2 fully saturated rings. The molecule has 0 saturated carbocycles. The van der Waals surface area contributed by atoms with E-state index in [0.717, 1.165) is 45.6 Å². The number of ether oxygens (including phenoxy) is 2. The summed E-state index contributed by atoms with van der Waals surface area (Å²) < 4.78 is 34.5. The molecular weight excluding hydrogens is 380 g/mol. The van der Waals surface area contributed by atoms with Gasteiger partial charge in [0.2, 0.25) is 5.91 Å². The lowest BCUT2D eigenvalue weighted by atomic mass is 9.95. The van der Waals surface area contributed by atoms with Gasteiger partial charge in [-0.25, -0.2) is 0 Å². The zero-order chi connectivity index (χ0) is 20.8. The molecule has 6 nitrogen and oxygen atoms in total. The third kappa shape index (κ3) is 7.21. The van der Waals surface area contributed by atoms with Crippen LogP contribution in [0.2, 0.25) is 0 Å². The van der Waals surface area contributed by atoms with Crippen molar-refractivity contribution in [3.05, 3.63) is 24.3 Å². The number of carbonyl (C=O) groups excluding carboxylic acids is 1. The normalized spacial score (nSPS) is 24.6. The first-order chi connectivity index (χ1) is 13.9. The Labute approximate surface area is 171 Å². The van der Waals surface area contributed by atoms with Crippen LogP contribution in [-0.4, -0.2) is 73.8 Å². The maximum Gasteiger partial charge on any atom is 0.387 e. The third-order valence-electron chi connectivity index (χ3n) is 5.45. The quantitative estimate of drug-likeness (QED) is 0.748. The van der Waals surface area contributed by atoms with Crippen molar-refractivity contribution >= 4 is 11.6 Å². The molecule has 162 valence electrons. The van der Waals surface area contributed by atoms with Gasteiger partial charge in [0.25, 0.3) is 0 Å². The molecule has 3 rings (SSSR count). The van der Waals surface area contributed by atoms with Crippen molar-refractivity contribution in [1.29, 1.82) is 0 Å². The first-order valence-corrected chi connectivity index (χ1v) is 10.3. The molecule has 29 heavy (non-hydrogen) atoms. The van der Waals surface area contributed by atoms with Crippen LogP contribution in [0.3, 0.4) is 0 Å². The molecule has 2 saturated heterocycles. The summed E-state index contributed by atoms with van der Waals surface area (Å²) in [5, 5.41) is 2.81. The Morgan fingerprint density at radius 3 is 2.34 bits per heavy atom. The number of anilines is 1. The van der Waals surface area contributed by atoms with E-state index in [1.165, 1.54) is 12.1 Å². The van der Waals surface area contributed by atoms with Crippen LogP contribution in [0.1, 0.15) is 26.7 Å². The molecule has 1 aromatic rings. The molecule has 2 unspecified atom stereocenters. The monoisotopic (exact) mass is 411 g/mol. The Bertz CT molecular complexity index is 641. The topological polar surface area (TPSA) is 54.0 Å². The van der Waals surface area contributed by atoms with Crippen LogP contribution in [0, 0.1) is 5.92 Å². The van der Waals surface area contributed by atoms with Gasteiger partial charge in [0.05, 0.1) is 18.8 Å². The molecule has 1 amide bonds. The summed E-state index contributed by atoms with van der Waals surface area (Å²) in [6.45, 7) is 6.66. The summed E-state index contributed by atoms with van der Waals surface area (Å²) >= 11 is 0. The highest BCUT2D eigenvalue weighted by molar-refractivity contribution is 5.92. The standard InChI is InChI=1S/C21H31F2N3O3/c1-15-11-26(12-16(2)28-15)13-17-7-9-25(10-8-17)14-20(27)24-18-3-5-19(6-4-18)29-21(22)23/h3-6,15-17,21H,7-14H2,1-2H3,(H,24,27). The minimum atomic E-state index is -2.85. The number of morpholine rings is 1. The zero-order valence-corrected chi connectivity index (χ0v) is 17.2. The number of piperidine rings is 1. The lowest BCUT2D eigenvalue weighted by molar-refractivity contribution is -0.117. The maximum atomic E-state index is 12.3. The van der Waals surface area contributed by atoms with E-state index in [9.17, 15) is 13.6 Å². The number of hydrogen-bond donors (Lipinski definition) is 1. The molecule has 2 atom stereocenters. The van der Waals surface area contributed by atoms with Crippen molar-refractivity contribution in [2.45, 2.75) is 45.5 Å². The number of hydrogen-bond acceptors (Lipinski definition) is 5. The zero-order valence-electron chi connectivity index (χ0n) is 17.2. The fourth-order valence-electron chi connectivity index (χ4n) is 4.25. The number of nitrogens with one attached hydrogen (secondary N) is 1. The molecule has 0 aromatic heterocycles. The number of carbonyl (C=O) groups is 1. The molecule has 1 aromatic carbocycles. The predicted molar refractivity (Wildman–Crippen MR) is 107 cm³/mol. The highest BCUT2D eigenvalue weighted by Gasteiger charge is 2.27. The van der Waals surface area contributed by atoms with E-state index >= 15 is 0 Å². The Balaban J connectivity index is 1.37. The molecule has 2 heterocycles. The third-order valence-corrected chi connectivity index (χ3v) is 5.45. The first kappa shape index (κ1) is 21.9. The van der Waals surface area contributed by atoms with Gasteiger partial charge in [0.1, 0.15) is 5.75 Å². The van der Waals surface area contributed by atoms with E-state index in [1.807, 2.05) is 0 Å². The summed E-state index contributed by atoms with van der Waals surface area (Å²) in [6, 6.07) is 5.96. The number of rotatable bonds is 7. The molecule has 0 aliphatic carbocycles. The average Bonchev–Trinajstić information content (AvgIpc) is 2.64. The molecular formula is C21H31F2N3O3. The van der Waals surface area contributed by atoms with E-state index in [0.29, 0.717) is 30.4 Å². The predicted octanol–water partition coefficient (Wildman–Crippen LogP) is 3.05. The van der Waals surface area contributed by atoms with Crippen LogP contribution in [-0.2, 0) is 9.53 Å². The van der Waals surface area contributed by atoms with Crippen LogP contribution in [0.25, 0.3) is 0 Å². The van der Waals surface area contributed by atoms with E-state index < -0.39 is 6.61 Å². The lowest BCUT2D eigenvalue weighted by Crippen LogP contribution is -2.48. The van der Waals surface area contributed by atoms with Crippen molar-refractivity contribution in [3.63, 3.8) is 0 Å². The molecule has 8 heteroatoms. The Hall–Kier alpha value is -1.77. The van der Waals surface area contributed by atoms with Gasteiger partial charge in [0.15, 0.2) is 0 Å². The number of amides is 1. The highest BCUT2D eigenvalue weighted by Crippen LogP contribution is 2.21. The first-order valence-electron chi connectivity index (χ1n) is 10.3. The second-order valence-electron chi connectivity index (χ2n) is 8.15. The van der Waals surface area contributed by atoms with Gasteiger partial charge in [0, 0.05) is 25.3 Å². The van der Waals surface area contributed by atoms with Crippen LogP contribution >= 0.6 is 0 Å². The number of likely N-dealkylation sites (tertiary alicyclic amines) is 1. The molecule has 1 N–H and O–H groups in total. The largest absolute Gasteiger partial charge is 0.435 e. The maximum absolute atomic E-state index is 12.3. The fraction of sp³-hybridized carbons (Fsp3) is 0.667. The van der Waals surface area contributed by atoms with Gasteiger partial charge in [-0.1, -0.05) is 0 Å². The Morgan fingerprint density at radius 2 is 1.76 bits per heavy atom. The van der Waals surface area contributed by atoms with E-state index in [2.05, 4.69) is 33.7 Å². The smallest absolute Gasteiger partial charge is 0.387 e. The van der Waals surface area contributed by atoms with Gasteiger partial charge >= 0.3 is 6.61 Å². The second-order valence-corrected chi connectivity index (χ2v) is 8.15. The van der Waals surface area contributed by atoms with Crippen LogP contribution in [0.4, 0.5) is 14.5 Å². The van der Waals surface area contributed by atoms with Crippen LogP contribution in [0.5, 0.6) is 5.75 Å². The summed E-state index contributed by atoms with van der Waals surface area (Å²) in [5.74, 6) is 0.639. The molecule has 2 aliphatic rings. The Morgan fingerprint density at radius 1 is 1.14 bits per heavy atom. The molecule has 0 spiro atoms. The minimum Gasteiger partial charge on any atom is -0.435 e. The van der Waals surface area contributed by atoms with E-state index in [4.69, 9.17) is 4.74 Å². The number of halogens is 2. The van der Waals surface area contributed by atoms with Gasteiger partial charge < -0.3 is 14.8 Å². The summed E-state index contributed by atoms with van der Waals surface area (Å²) in [7, 11) is 0. The minimum absolute atomic E-state index is 0.0733. The van der Waals surface area contributed by atoms with E-state index in [-0.39, 0.29) is 11.7 Å². The number of alkyl halides is 2. The molecule has 0 radical (unpaired) electrons. The van der Waals surface area contributed by atoms with Crippen molar-refractivity contribution < 1.29 is 23.0 Å². The van der Waals surface area contributed by atoms with Gasteiger partial charge in [-0.05, 0) is 70.0 Å². The van der Waals surface area contributed by atoms with Crippen molar-refractivity contribution in [1.82, 2.24) is 9.80 Å². The van der Waals surface area contributed by atoms with E-state index in [1.54, 1.807) is 12.1 Å². The lowest BCUT2D eigenvalue weighted by Gasteiger charge is -2.39.